The third kappa shape index (κ3) is 4.54. The fraction of sp³-hybridized carbons (Fsp3) is 0.0909. The number of carbonyl (C=O) groups excluding carboxylic acids is 2. The maximum atomic E-state index is 12.8. The normalized spacial score (nSPS) is 10.3. The highest BCUT2D eigenvalue weighted by atomic mass is 127. The zero-order valence-electron chi connectivity index (χ0n) is 14.9. The van der Waals surface area contributed by atoms with E-state index < -0.39 is 0 Å². The van der Waals surface area contributed by atoms with E-state index in [1.54, 1.807) is 35.2 Å². The number of nitrogens with zero attached hydrogens (tertiary/aromatic N) is 1. The molecule has 0 radical (unpaired) electrons. The first-order chi connectivity index (χ1) is 13.1. The van der Waals surface area contributed by atoms with E-state index in [0.717, 1.165) is 9.26 Å². The molecular weight excluding hydrogens is 451 g/mol. The molecule has 0 unspecified atom stereocenters. The van der Waals surface area contributed by atoms with Crippen LogP contribution in [0.4, 0.5) is 11.4 Å². The van der Waals surface area contributed by atoms with Gasteiger partial charge in [-0.15, -0.1) is 0 Å². The Morgan fingerprint density at radius 2 is 1.52 bits per heavy atom. The quantitative estimate of drug-likeness (QED) is 0.521. The van der Waals surface area contributed by atoms with Gasteiger partial charge in [-0.2, -0.15) is 0 Å². The number of para-hydroxylation sites is 1. The van der Waals surface area contributed by atoms with Crippen LogP contribution >= 0.6 is 22.6 Å². The van der Waals surface area contributed by atoms with Gasteiger partial charge in [0.1, 0.15) is 0 Å². The molecule has 5 heteroatoms. The summed E-state index contributed by atoms with van der Waals surface area (Å²) in [6.45, 7) is 2.52. The molecule has 0 saturated heterocycles. The van der Waals surface area contributed by atoms with E-state index in [0.29, 0.717) is 23.4 Å². The predicted octanol–water partition coefficient (Wildman–Crippen LogP) is 5.21. The molecule has 0 bridgehead atoms. The van der Waals surface area contributed by atoms with Gasteiger partial charge in [-0.3, -0.25) is 9.59 Å². The monoisotopic (exact) mass is 470 g/mol. The van der Waals surface area contributed by atoms with Crippen LogP contribution in [0.25, 0.3) is 0 Å². The van der Waals surface area contributed by atoms with E-state index >= 15 is 0 Å². The molecule has 0 aliphatic rings. The average Bonchev–Trinajstić information content (AvgIpc) is 2.70. The molecule has 1 N–H and O–H groups in total. The molecule has 0 saturated carbocycles. The molecule has 2 amide bonds. The van der Waals surface area contributed by atoms with Gasteiger partial charge in [0.2, 0.25) is 0 Å². The number of hydrogen-bond donors (Lipinski definition) is 1. The van der Waals surface area contributed by atoms with Gasteiger partial charge in [-0.25, -0.2) is 0 Å². The molecule has 0 spiro atoms. The summed E-state index contributed by atoms with van der Waals surface area (Å²) in [5.41, 5.74) is 2.72. The van der Waals surface area contributed by atoms with Crippen molar-refractivity contribution in [3.05, 3.63) is 93.6 Å². The molecule has 3 rings (SSSR count). The number of hydrogen-bond acceptors (Lipinski definition) is 2. The highest BCUT2D eigenvalue weighted by Gasteiger charge is 2.16. The third-order valence-corrected chi connectivity index (χ3v) is 5.08. The van der Waals surface area contributed by atoms with Crippen LogP contribution in [-0.4, -0.2) is 18.4 Å². The molecular formula is C22H19IN2O2. The number of rotatable bonds is 5. The van der Waals surface area contributed by atoms with Gasteiger partial charge in [0, 0.05) is 27.1 Å². The second-order valence-corrected chi connectivity index (χ2v) is 7.06. The average molecular weight is 470 g/mol. The Bertz CT molecular complexity index is 940. The molecule has 0 aromatic heterocycles. The van der Waals surface area contributed by atoms with Gasteiger partial charge in [0.15, 0.2) is 0 Å². The molecule has 136 valence electrons. The van der Waals surface area contributed by atoms with E-state index in [-0.39, 0.29) is 11.8 Å². The summed E-state index contributed by atoms with van der Waals surface area (Å²) < 4.78 is 0.890. The van der Waals surface area contributed by atoms with Crippen LogP contribution in [0.2, 0.25) is 0 Å². The fourth-order valence-electron chi connectivity index (χ4n) is 2.75. The highest BCUT2D eigenvalue weighted by Crippen LogP contribution is 2.19. The molecule has 0 fully saturated rings. The number of anilines is 2. The summed E-state index contributed by atoms with van der Waals surface area (Å²) >= 11 is 2.14. The number of benzene rings is 3. The smallest absolute Gasteiger partial charge is 0.258 e. The Labute approximate surface area is 172 Å². The maximum absolute atomic E-state index is 12.8. The van der Waals surface area contributed by atoms with Crippen LogP contribution in [0.15, 0.2) is 78.9 Å². The van der Waals surface area contributed by atoms with E-state index in [1.165, 1.54) is 0 Å². The summed E-state index contributed by atoms with van der Waals surface area (Å²) in [6, 6.07) is 23.9. The van der Waals surface area contributed by atoms with Gasteiger partial charge in [0.05, 0.1) is 5.56 Å². The van der Waals surface area contributed by atoms with E-state index in [9.17, 15) is 9.59 Å². The minimum atomic E-state index is -0.168. The Morgan fingerprint density at radius 3 is 2.15 bits per heavy atom. The van der Waals surface area contributed by atoms with Crippen LogP contribution in [0.1, 0.15) is 27.6 Å². The van der Waals surface area contributed by atoms with Crippen molar-refractivity contribution in [1.29, 1.82) is 0 Å². The van der Waals surface area contributed by atoms with Gasteiger partial charge >= 0.3 is 0 Å². The number of halogens is 1. The van der Waals surface area contributed by atoms with Crippen LogP contribution in [0.5, 0.6) is 0 Å². The van der Waals surface area contributed by atoms with Crippen molar-refractivity contribution in [2.45, 2.75) is 6.92 Å². The fourth-order valence-corrected chi connectivity index (χ4v) is 3.38. The Balaban J connectivity index is 1.74. The molecule has 27 heavy (non-hydrogen) atoms. The third-order valence-electron chi connectivity index (χ3n) is 4.14. The van der Waals surface area contributed by atoms with Crippen LogP contribution in [0, 0.1) is 3.57 Å². The van der Waals surface area contributed by atoms with Gasteiger partial charge in [0.25, 0.3) is 11.8 Å². The lowest BCUT2D eigenvalue weighted by atomic mass is 10.1. The van der Waals surface area contributed by atoms with Gasteiger partial charge in [-0.05, 0) is 78.0 Å². The second kappa shape index (κ2) is 8.81. The molecule has 4 nitrogen and oxygen atoms in total. The van der Waals surface area contributed by atoms with Crippen molar-refractivity contribution < 1.29 is 9.59 Å². The molecule has 0 aliphatic heterocycles. The van der Waals surface area contributed by atoms with Gasteiger partial charge < -0.3 is 10.2 Å². The summed E-state index contributed by atoms with van der Waals surface area (Å²) in [5.74, 6) is -0.238. The first-order valence-corrected chi connectivity index (χ1v) is 9.71. The Morgan fingerprint density at radius 1 is 0.889 bits per heavy atom. The van der Waals surface area contributed by atoms with Crippen molar-refractivity contribution >= 4 is 45.8 Å². The largest absolute Gasteiger partial charge is 0.322 e. The van der Waals surface area contributed by atoms with Crippen molar-refractivity contribution in [2.24, 2.45) is 0 Å². The van der Waals surface area contributed by atoms with Crippen molar-refractivity contribution in [1.82, 2.24) is 0 Å². The molecule has 0 heterocycles. The lowest BCUT2D eigenvalue weighted by molar-refractivity contribution is 0.0987. The van der Waals surface area contributed by atoms with Crippen LogP contribution < -0.4 is 10.2 Å². The van der Waals surface area contributed by atoms with Crippen molar-refractivity contribution in [3.8, 4) is 0 Å². The Kier molecular flexibility index (Phi) is 6.24. The van der Waals surface area contributed by atoms with Crippen molar-refractivity contribution in [3.63, 3.8) is 0 Å². The SMILES string of the molecule is CCN(C(=O)c1ccc(NC(=O)c2ccccc2I)cc1)c1ccccc1. The van der Waals surface area contributed by atoms with E-state index in [2.05, 4.69) is 27.9 Å². The number of amides is 2. The predicted molar refractivity (Wildman–Crippen MR) is 117 cm³/mol. The maximum Gasteiger partial charge on any atom is 0.258 e. The van der Waals surface area contributed by atoms with E-state index in [1.807, 2.05) is 55.5 Å². The standard InChI is InChI=1S/C22H19IN2O2/c1-2-25(18-8-4-3-5-9-18)22(27)16-12-14-17(15-13-16)24-21(26)19-10-6-7-11-20(19)23/h3-15H,2H2,1H3,(H,24,26). The first kappa shape index (κ1) is 19.1. The van der Waals surface area contributed by atoms with Crippen LogP contribution in [0.3, 0.4) is 0 Å². The minimum Gasteiger partial charge on any atom is -0.322 e. The zero-order valence-corrected chi connectivity index (χ0v) is 17.0. The van der Waals surface area contributed by atoms with Crippen molar-refractivity contribution in [2.75, 3.05) is 16.8 Å². The molecule has 3 aromatic rings. The summed E-state index contributed by atoms with van der Waals surface area (Å²) in [5, 5.41) is 2.87. The minimum absolute atomic E-state index is 0.0702. The second-order valence-electron chi connectivity index (χ2n) is 5.90. The lowest BCUT2D eigenvalue weighted by Crippen LogP contribution is -2.30. The molecule has 0 aliphatic carbocycles. The summed E-state index contributed by atoms with van der Waals surface area (Å²) in [6.07, 6.45) is 0. The lowest BCUT2D eigenvalue weighted by Gasteiger charge is -2.21. The number of nitrogens with one attached hydrogen (secondary N) is 1. The summed E-state index contributed by atoms with van der Waals surface area (Å²) in [4.78, 5) is 26.9. The summed E-state index contributed by atoms with van der Waals surface area (Å²) in [7, 11) is 0. The Hall–Kier alpha value is -2.67. The topological polar surface area (TPSA) is 49.4 Å². The molecule has 3 aromatic carbocycles. The van der Waals surface area contributed by atoms with Crippen LogP contribution in [-0.2, 0) is 0 Å². The first-order valence-electron chi connectivity index (χ1n) is 8.63. The highest BCUT2D eigenvalue weighted by molar-refractivity contribution is 14.1. The number of carbonyl (C=O) groups is 2. The zero-order chi connectivity index (χ0) is 19.2. The van der Waals surface area contributed by atoms with E-state index in [4.69, 9.17) is 0 Å². The van der Waals surface area contributed by atoms with Gasteiger partial charge in [-0.1, -0.05) is 30.3 Å². The molecule has 0 atom stereocenters.